The Hall–Kier alpha value is -2.47. The van der Waals surface area contributed by atoms with Crippen LogP contribution >= 0.6 is 0 Å². The van der Waals surface area contributed by atoms with E-state index in [-0.39, 0.29) is 0 Å². The summed E-state index contributed by atoms with van der Waals surface area (Å²) in [6.07, 6.45) is 0. The summed E-state index contributed by atoms with van der Waals surface area (Å²) in [7, 11) is 0. The molecule has 3 heteroatoms. The fourth-order valence-corrected chi connectivity index (χ4v) is 2.34. The van der Waals surface area contributed by atoms with E-state index in [1.54, 1.807) is 0 Å². The molecule has 1 aliphatic heterocycles. The van der Waals surface area contributed by atoms with E-state index in [0.29, 0.717) is 5.56 Å². The van der Waals surface area contributed by atoms with Crippen molar-refractivity contribution in [2.45, 2.75) is 13.1 Å². The molecule has 0 saturated heterocycles. The molecule has 1 heterocycles. The Morgan fingerprint density at radius 2 is 1.72 bits per heavy atom. The average Bonchev–Trinajstić information content (AvgIpc) is 2.81. The zero-order valence-electron chi connectivity index (χ0n) is 9.93. The first-order valence-electron chi connectivity index (χ1n) is 5.88. The standard InChI is InChI=1S/C15H13N3/c16-8-11-1-5-15(6-2-11)18-9-12-3-4-14(17)7-13(12)10-18/h1-7H,9-10,17H2. The minimum atomic E-state index is 0.694. The quantitative estimate of drug-likeness (QED) is 0.773. The van der Waals surface area contributed by atoms with E-state index in [4.69, 9.17) is 11.0 Å². The predicted octanol–water partition coefficient (Wildman–Crippen LogP) is 2.66. The van der Waals surface area contributed by atoms with Gasteiger partial charge in [-0.15, -0.1) is 0 Å². The molecule has 0 aliphatic carbocycles. The molecule has 3 nitrogen and oxygen atoms in total. The summed E-state index contributed by atoms with van der Waals surface area (Å²) in [5.74, 6) is 0. The molecule has 2 N–H and O–H groups in total. The van der Waals surface area contributed by atoms with Crippen molar-refractivity contribution in [2.75, 3.05) is 10.6 Å². The zero-order valence-corrected chi connectivity index (χ0v) is 9.93. The minimum absolute atomic E-state index is 0.694. The van der Waals surface area contributed by atoms with Gasteiger partial charge in [0.05, 0.1) is 11.6 Å². The van der Waals surface area contributed by atoms with Crippen LogP contribution in [0.3, 0.4) is 0 Å². The summed E-state index contributed by atoms with van der Waals surface area (Å²) in [4.78, 5) is 2.28. The van der Waals surface area contributed by atoms with E-state index >= 15 is 0 Å². The molecule has 18 heavy (non-hydrogen) atoms. The van der Waals surface area contributed by atoms with E-state index in [1.165, 1.54) is 11.1 Å². The van der Waals surface area contributed by atoms with Crippen LogP contribution in [0, 0.1) is 11.3 Å². The van der Waals surface area contributed by atoms with Crippen molar-refractivity contribution in [1.29, 1.82) is 5.26 Å². The summed E-state index contributed by atoms with van der Waals surface area (Å²) in [6, 6.07) is 15.9. The molecule has 2 aromatic rings. The molecule has 88 valence electrons. The SMILES string of the molecule is N#Cc1ccc(N2Cc3ccc(N)cc3C2)cc1. The minimum Gasteiger partial charge on any atom is -0.399 e. The highest BCUT2D eigenvalue weighted by atomic mass is 15.1. The molecule has 0 amide bonds. The Labute approximate surface area is 106 Å². The van der Waals surface area contributed by atoms with E-state index in [2.05, 4.69) is 17.0 Å². The average molecular weight is 235 g/mol. The van der Waals surface area contributed by atoms with Crippen LogP contribution in [-0.2, 0) is 13.1 Å². The van der Waals surface area contributed by atoms with Crippen LogP contribution in [0.15, 0.2) is 42.5 Å². The smallest absolute Gasteiger partial charge is 0.0991 e. The van der Waals surface area contributed by atoms with Crippen LogP contribution in [0.4, 0.5) is 11.4 Å². The number of hydrogen-bond donors (Lipinski definition) is 1. The Bertz CT molecular complexity index is 623. The number of nitrogens with zero attached hydrogens (tertiary/aromatic N) is 2. The molecule has 0 radical (unpaired) electrons. The van der Waals surface area contributed by atoms with Crippen molar-refractivity contribution >= 4 is 11.4 Å². The van der Waals surface area contributed by atoms with E-state index < -0.39 is 0 Å². The van der Waals surface area contributed by atoms with Crippen molar-refractivity contribution in [1.82, 2.24) is 0 Å². The zero-order chi connectivity index (χ0) is 12.5. The number of hydrogen-bond acceptors (Lipinski definition) is 3. The summed E-state index contributed by atoms with van der Waals surface area (Å²) in [6.45, 7) is 1.79. The monoisotopic (exact) mass is 235 g/mol. The van der Waals surface area contributed by atoms with Crippen molar-refractivity contribution < 1.29 is 0 Å². The van der Waals surface area contributed by atoms with Gasteiger partial charge in [-0.25, -0.2) is 0 Å². The number of nitrogen functional groups attached to an aromatic ring is 1. The van der Waals surface area contributed by atoms with Gasteiger partial charge in [0.2, 0.25) is 0 Å². The number of nitrogens with two attached hydrogens (primary N) is 1. The largest absolute Gasteiger partial charge is 0.399 e. The van der Waals surface area contributed by atoms with Gasteiger partial charge >= 0.3 is 0 Å². The Kier molecular flexibility index (Phi) is 2.42. The first-order chi connectivity index (χ1) is 8.76. The van der Waals surface area contributed by atoms with Gasteiger partial charge in [0, 0.05) is 24.5 Å². The lowest BCUT2D eigenvalue weighted by Crippen LogP contribution is -2.14. The first-order valence-corrected chi connectivity index (χ1v) is 5.88. The van der Waals surface area contributed by atoms with Crippen LogP contribution in [-0.4, -0.2) is 0 Å². The second-order valence-electron chi connectivity index (χ2n) is 4.54. The van der Waals surface area contributed by atoms with Crippen molar-refractivity contribution in [3.8, 4) is 6.07 Å². The Morgan fingerprint density at radius 1 is 1.00 bits per heavy atom. The summed E-state index contributed by atoms with van der Waals surface area (Å²) >= 11 is 0. The van der Waals surface area contributed by atoms with Crippen LogP contribution < -0.4 is 10.6 Å². The fraction of sp³-hybridized carbons (Fsp3) is 0.133. The predicted molar refractivity (Wildman–Crippen MR) is 71.9 cm³/mol. The second-order valence-corrected chi connectivity index (χ2v) is 4.54. The van der Waals surface area contributed by atoms with Crippen LogP contribution in [0.25, 0.3) is 0 Å². The van der Waals surface area contributed by atoms with Gasteiger partial charge in [-0.1, -0.05) is 6.07 Å². The second kappa shape index (κ2) is 4.08. The lowest BCUT2D eigenvalue weighted by atomic mass is 10.1. The van der Waals surface area contributed by atoms with Gasteiger partial charge in [-0.2, -0.15) is 5.26 Å². The molecular formula is C15H13N3. The maximum Gasteiger partial charge on any atom is 0.0991 e. The maximum atomic E-state index is 8.79. The molecule has 2 aromatic carbocycles. The van der Waals surface area contributed by atoms with Gasteiger partial charge in [-0.3, -0.25) is 0 Å². The Morgan fingerprint density at radius 3 is 2.44 bits per heavy atom. The summed E-state index contributed by atoms with van der Waals surface area (Å²) in [5.41, 5.74) is 11.1. The molecule has 0 atom stereocenters. The third-order valence-corrected chi connectivity index (χ3v) is 3.31. The lowest BCUT2D eigenvalue weighted by Gasteiger charge is -2.17. The number of rotatable bonds is 1. The summed E-state index contributed by atoms with van der Waals surface area (Å²) < 4.78 is 0. The van der Waals surface area contributed by atoms with Gasteiger partial charge < -0.3 is 10.6 Å². The van der Waals surface area contributed by atoms with E-state index in [9.17, 15) is 0 Å². The molecule has 0 bridgehead atoms. The topological polar surface area (TPSA) is 53.0 Å². The van der Waals surface area contributed by atoms with Crippen molar-refractivity contribution in [3.05, 3.63) is 59.2 Å². The van der Waals surface area contributed by atoms with Gasteiger partial charge in [0.25, 0.3) is 0 Å². The lowest BCUT2D eigenvalue weighted by molar-refractivity contribution is 0.880. The third-order valence-electron chi connectivity index (χ3n) is 3.31. The molecule has 0 saturated carbocycles. The third kappa shape index (κ3) is 1.78. The highest BCUT2D eigenvalue weighted by Gasteiger charge is 2.18. The summed E-state index contributed by atoms with van der Waals surface area (Å²) in [5, 5.41) is 8.79. The molecule has 0 unspecified atom stereocenters. The molecule has 3 rings (SSSR count). The molecule has 0 aromatic heterocycles. The number of anilines is 2. The molecular weight excluding hydrogens is 222 g/mol. The van der Waals surface area contributed by atoms with Gasteiger partial charge in [0.15, 0.2) is 0 Å². The molecule has 0 spiro atoms. The van der Waals surface area contributed by atoms with Gasteiger partial charge in [-0.05, 0) is 47.5 Å². The maximum absolute atomic E-state index is 8.79. The van der Waals surface area contributed by atoms with E-state index in [1.807, 2.05) is 36.4 Å². The highest BCUT2D eigenvalue weighted by molar-refractivity contribution is 5.56. The first kappa shape index (κ1) is 10.7. The number of nitriles is 1. The van der Waals surface area contributed by atoms with Crippen LogP contribution in [0.1, 0.15) is 16.7 Å². The van der Waals surface area contributed by atoms with Crippen molar-refractivity contribution in [2.24, 2.45) is 0 Å². The number of benzene rings is 2. The molecule has 1 aliphatic rings. The molecule has 0 fully saturated rings. The Balaban J connectivity index is 1.87. The fourth-order valence-electron chi connectivity index (χ4n) is 2.34. The number of fused-ring (bicyclic) bond motifs is 1. The van der Waals surface area contributed by atoms with Gasteiger partial charge in [0.1, 0.15) is 0 Å². The normalized spacial score (nSPS) is 13.2. The van der Waals surface area contributed by atoms with Crippen LogP contribution in [0.5, 0.6) is 0 Å². The van der Waals surface area contributed by atoms with Crippen molar-refractivity contribution in [3.63, 3.8) is 0 Å². The highest BCUT2D eigenvalue weighted by Crippen LogP contribution is 2.29. The van der Waals surface area contributed by atoms with E-state index in [0.717, 1.165) is 24.5 Å². The van der Waals surface area contributed by atoms with Crippen LogP contribution in [0.2, 0.25) is 0 Å².